The zero-order chi connectivity index (χ0) is 23.2. The summed E-state index contributed by atoms with van der Waals surface area (Å²) in [7, 11) is 0. The van der Waals surface area contributed by atoms with Crippen molar-refractivity contribution in [3.05, 3.63) is 34.7 Å². The second-order valence-electron chi connectivity index (χ2n) is 9.25. The van der Waals surface area contributed by atoms with Gasteiger partial charge in [0.05, 0.1) is 30.7 Å². The minimum atomic E-state index is -0.302. The average molecular weight is 499 g/mol. The lowest BCUT2D eigenvalue weighted by molar-refractivity contribution is -0.118. The number of nitrogens with zero attached hydrogens (tertiary/aromatic N) is 4. The lowest BCUT2D eigenvalue weighted by Gasteiger charge is -2.37. The molecule has 3 N–H and O–H groups in total. The highest BCUT2D eigenvalue weighted by Gasteiger charge is 2.40. The number of halogens is 1. The monoisotopic (exact) mass is 498 g/mol. The Morgan fingerprint density at radius 3 is 2.76 bits per heavy atom. The van der Waals surface area contributed by atoms with Gasteiger partial charge in [-0.1, -0.05) is 29.8 Å². The third-order valence-electron chi connectivity index (χ3n) is 7.04. The summed E-state index contributed by atoms with van der Waals surface area (Å²) in [6.45, 7) is 3.62. The van der Waals surface area contributed by atoms with Crippen molar-refractivity contribution < 1.29 is 9.53 Å². The molecule has 3 saturated heterocycles. The Morgan fingerprint density at radius 2 is 2.00 bits per heavy atom. The molecule has 0 aliphatic carbocycles. The number of benzene rings is 1. The third-order valence-corrected chi connectivity index (χ3v) is 8.24. The first kappa shape index (κ1) is 22.0. The molecule has 5 heterocycles. The number of thiophene rings is 1. The summed E-state index contributed by atoms with van der Waals surface area (Å²) in [6, 6.07) is 8.56. The number of piperazine rings is 1. The van der Waals surface area contributed by atoms with E-state index in [4.69, 9.17) is 32.0 Å². The van der Waals surface area contributed by atoms with Crippen LogP contribution < -0.4 is 20.9 Å². The van der Waals surface area contributed by atoms with Crippen molar-refractivity contribution >= 4 is 50.8 Å². The molecular weight excluding hydrogens is 472 g/mol. The fourth-order valence-corrected chi connectivity index (χ4v) is 6.64. The summed E-state index contributed by atoms with van der Waals surface area (Å²) >= 11 is 8.24. The summed E-state index contributed by atoms with van der Waals surface area (Å²) in [5.41, 5.74) is 7.53. The van der Waals surface area contributed by atoms with Crippen LogP contribution in [-0.2, 0) is 9.53 Å². The molecule has 0 spiro atoms. The van der Waals surface area contributed by atoms with Crippen molar-refractivity contribution in [3.8, 4) is 11.1 Å². The van der Waals surface area contributed by atoms with E-state index in [1.54, 1.807) is 11.3 Å². The van der Waals surface area contributed by atoms with Gasteiger partial charge in [-0.2, -0.15) is 4.98 Å². The minimum absolute atomic E-state index is 0.00409. The van der Waals surface area contributed by atoms with Crippen LogP contribution in [0.25, 0.3) is 21.3 Å². The van der Waals surface area contributed by atoms with Crippen molar-refractivity contribution in [2.45, 2.75) is 37.4 Å². The molecule has 3 fully saturated rings. The van der Waals surface area contributed by atoms with Gasteiger partial charge in [-0.25, -0.2) is 4.98 Å². The molecule has 3 aliphatic heterocycles. The number of fused-ring (bicyclic) bond motifs is 3. The Labute approximate surface area is 207 Å². The van der Waals surface area contributed by atoms with Gasteiger partial charge in [0.15, 0.2) is 0 Å². The molecule has 1 amide bonds. The van der Waals surface area contributed by atoms with E-state index in [1.807, 2.05) is 18.2 Å². The summed E-state index contributed by atoms with van der Waals surface area (Å²) in [5, 5.41) is 7.31. The number of carbonyl (C=O) groups is 1. The van der Waals surface area contributed by atoms with Crippen LogP contribution in [-0.4, -0.2) is 66.8 Å². The largest absolute Gasteiger partial charge is 0.377 e. The fourth-order valence-electron chi connectivity index (χ4n) is 5.48. The summed E-state index contributed by atoms with van der Waals surface area (Å²) < 4.78 is 5.87. The standard InChI is InChI=1S/C24H27ClN6O2S/c25-19-4-2-1-3-17(19)18-13-34-23-21(18)22(31-15-5-6-16(31)12-33-11-15)28-24(29-23)30-8-7-27-14(10-30)9-20(26)32/h1-4,13-16,27H,5-12H2,(H2,26,32). The van der Waals surface area contributed by atoms with E-state index in [0.717, 1.165) is 71.3 Å². The highest BCUT2D eigenvalue weighted by atomic mass is 35.5. The number of rotatable bonds is 5. The van der Waals surface area contributed by atoms with Crippen LogP contribution in [0.3, 0.4) is 0 Å². The molecular formula is C24H27ClN6O2S. The number of anilines is 2. The van der Waals surface area contributed by atoms with Gasteiger partial charge in [0.2, 0.25) is 11.9 Å². The van der Waals surface area contributed by atoms with E-state index in [-0.39, 0.29) is 11.9 Å². The van der Waals surface area contributed by atoms with E-state index in [0.29, 0.717) is 31.0 Å². The van der Waals surface area contributed by atoms with Crippen LogP contribution in [0.5, 0.6) is 0 Å². The molecule has 2 bridgehead atoms. The molecule has 0 radical (unpaired) electrons. The van der Waals surface area contributed by atoms with Crippen molar-refractivity contribution in [2.75, 3.05) is 42.6 Å². The fraction of sp³-hybridized carbons (Fsp3) is 0.458. The topological polar surface area (TPSA) is 96.6 Å². The lowest BCUT2D eigenvalue weighted by Crippen LogP contribution is -2.52. The van der Waals surface area contributed by atoms with Crippen molar-refractivity contribution in [1.82, 2.24) is 15.3 Å². The first-order valence-corrected chi connectivity index (χ1v) is 13.0. The number of nitrogens with one attached hydrogen (secondary N) is 1. The maximum Gasteiger partial charge on any atom is 0.228 e. The molecule has 178 valence electrons. The van der Waals surface area contributed by atoms with Crippen LogP contribution in [0, 0.1) is 0 Å². The Morgan fingerprint density at radius 1 is 1.21 bits per heavy atom. The molecule has 0 saturated carbocycles. The van der Waals surface area contributed by atoms with E-state index >= 15 is 0 Å². The summed E-state index contributed by atoms with van der Waals surface area (Å²) in [6.07, 6.45) is 2.51. The van der Waals surface area contributed by atoms with E-state index in [1.165, 1.54) is 0 Å². The Bertz CT molecular complexity index is 1220. The summed E-state index contributed by atoms with van der Waals surface area (Å²) in [5.74, 6) is 1.37. The normalized spacial score (nSPS) is 24.7. The van der Waals surface area contributed by atoms with E-state index < -0.39 is 0 Å². The van der Waals surface area contributed by atoms with Gasteiger partial charge in [-0.05, 0) is 18.9 Å². The number of carbonyl (C=O) groups excluding carboxylic acids is 1. The predicted molar refractivity (Wildman–Crippen MR) is 136 cm³/mol. The second kappa shape index (κ2) is 8.96. The van der Waals surface area contributed by atoms with Crippen LogP contribution in [0.15, 0.2) is 29.6 Å². The second-order valence-corrected chi connectivity index (χ2v) is 10.5. The molecule has 2 aromatic heterocycles. The first-order valence-electron chi connectivity index (χ1n) is 11.8. The SMILES string of the molecule is NC(=O)CC1CN(c2nc(N3C4CCC3COC4)c3c(-c4ccccc4Cl)csc3n2)CCN1. The van der Waals surface area contributed by atoms with Crippen LogP contribution in [0.2, 0.25) is 5.02 Å². The van der Waals surface area contributed by atoms with E-state index in [9.17, 15) is 4.79 Å². The van der Waals surface area contributed by atoms with Crippen LogP contribution in [0.4, 0.5) is 11.8 Å². The number of aromatic nitrogens is 2. The number of amides is 1. The van der Waals surface area contributed by atoms with Crippen LogP contribution in [0.1, 0.15) is 19.3 Å². The molecule has 1 aromatic carbocycles. The zero-order valence-corrected chi connectivity index (χ0v) is 20.3. The molecule has 3 atom stereocenters. The van der Waals surface area contributed by atoms with Gasteiger partial charge in [-0.15, -0.1) is 11.3 Å². The van der Waals surface area contributed by atoms with Crippen molar-refractivity contribution in [2.24, 2.45) is 5.73 Å². The smallest absolute Gasteiger partial charge is 0.228 e. The minimum Gasteiger partial charge on any atom is -0.377 e. The highest BCUT2D eigenvalue weighted by Crippen LogP contribution is 2.45. The number of nitrogens with two attached hydrogens (primary N) is 1. The van der Waals surface area contributed by atoms with Crippen molar-refractivity contribution in [3.63, 3.8) is 0 Å². The molecule has 3 unspecified atom stereocenters. The maximum absolute atomic E-state index is 11.5. The van der Waals surface area contributed by atoms with Gasteiger partial charge >= 0.3 is 0 Å². The first-order chi connectivity index (χ1) is 16.6. The Hall–Kier alpha value is -2.46. The molecule has 6 rings (SSSR count). The zero-order valence-electron chi connectivity index (χ0n) is 18.7. The number of hydrogen-bond donors (Lipinski definition) is 2. The Balaban J connectivity index is 1.48. The number of primary amides is 1. The van der Waals surface area contributed by atoms with Crippen LogP contribution >= 0.6 is 22.9 Å². The van der Waals surface area contributed by atoms with E-state index in [2.05, 4.69) is 26.6 Å². The molecule has 3 aromatic rings. The third kappa shape index (κ3) is 3.90. The molecule has 3 aliphatic rings. The van der Waals surface area contributed by atoms with Gasteiger partial charge in [0.1, 0.15) is 10.6 Å². The average Bonchev–Trinajstić information content (AvgIpc) is 3.36. The number of morpholine rings is 1. The molecule has 34 heavy (non-hydrogen) atoms. The Kier molecular flexibility index (Phi) is 5.81. The van der Waals surface area contributed by atoms with Gasteiger partial charge in [0.25, 0.3) is 0 Å². The van der Waals surface area contributed by atoms with Gasteiger partial charge in [0, 0.05) is 53.6 Å². The maximum atomic E-state index is 11.5. The molecule has 10 heteroatoms. The quantitative estimate of drug-likeness (QED) is 0.558. The van der Waals surface area contributed by atoms with Gasteiger partial charge in [-0.3, -0.25) is 4.79 Å². The molecule has 8 nitrogen and oxygen atoms in total. The predicted octanol–water partition coefficient (Wildman–Crippen LogP) is 3.03. The lowest BCUT2D eigenvalue weighted by atomic mass is 10.1. The number of ether oxygens (including phenoxy) is 1. The van der Waals surface area contributed by atoms with Gasteiger partial charge < -0.3 is 25.6 Å². The number of hydrogen-bond acceptors (Lipinski definition) is 8. The highest BCUT2D eigenvalue weighted by molar-refractivity contribution is 7.17. The summed E-state index contributed by atoms with van der Waals surface area (Å²) in [4.78, 5) is 27.3. The van der Waals surface area contributed by atoms with Crippen molar-refractivity contribution in [1.29, 1.82) is 0 Å².